The number of nitrogens with zero attached hydrogens (tertiary/aromatic N) is 3. The highest BCUT2D eigenvalue weighted by Gasteiger charge is 2.35. The average molecular weight is 327 g/mol. The van der Waals surface area contributed by atoms with Gasteiger partial charge in [-0.05, 0) is 25.9 Å². The molecule has 7 nitrogen and oxygen atoms in total. The van der Waals surface area contributed by atoms with Crippen LogP contribution >= 0.6 is 0 Å². The Morgan fingerprint density at radius 2 is 2.05 bits per heavy atom. The molecule has 1 aromatic rings. The van der Waals surface area contributed by atoms with E-state index in [1.165, 1.54) is 18.8 Å². The molecule has 3 rings (SSSR count). The van der Waals surface area contributed by atoms with Crippen molar-refractivity contribution in [3.05, 3.63) is 18.2 Å². The number of aliphatic hydroxyl groups excluding tert-OH is 1. The zero-order chi connectivity index (χ0) is 15.7. The highest BCUT2D eigenvalue weighted by atomic mass is 32.2. The molecule has 2 aliphatic rings. The summed E-state index contributed by atoms with van der Waals surface area (Å²) in [6.07, 6.45) is 5.20. The van der Waals surface area contributed by atoms with Gasteiger partial charge in [0.15, 0.2) is 9.84 Å². The van der Waals surface area contributed by atoms with E-state index in [0.29, 0.717) is 18.9 Å². The summed E-state index contributed by atoms with van der Waals surface area (Å²) < 4.78 is 29.1. The second-order valence-electron chi connectivity index (χ2n) is 6.03. The Kier molecular flexibility index (Phi) is 4.44. The lowest BCUT2D eigenvalue weighted by Crippen LogP contribution is -2.46. The number of hydrogen-bond donors (Lipinski definition) is 1. The number of piperidine rings is 1. The fraction of sp³-hybridized carbons (Fsp3) is 0.714. The van der Waals surface area contributed by atoms with Gasteiger partial charge in [-0.25, -0.2) is 18.4 Å². The van der Waals surface area contributed by atoms with Crippen LogP contribution in [0.15, 0.2) is 17.4 Å². The smallest absolute Gasteiger partial charge is 0.178 e. The van der Waals surface area contributed by atoms with Crippen LogP contribution in [0.1, 0.15) is 24.5 Å². The minimum absolute atomic E-state index is 0.0562. The first-order chi connectivity index (χ1) is 10.5. The Balaban J connectivity index is 1.72. The highest BCUT2D eigenvalue weighted by Crippen LogP contribution is 2.32. The van der Waals surface area contributed by atoms with Crippen LogP contribution in [0.25, 0.3) is 0 Å². The van der Waals surface area contributed by atoms with Gasteiger partial charge < -0.3 is 9.84 Å². The SMILES string of the molecule is CS(=O)(=O)c1cncnc1C1CCN([C@H]2COC[C@H]2O)CC1. The molecule has 3 heterocycles. The van der Waals surface area contributed by atoms with Crippen molar-refractivity contribution in [1.82, 2.24) is 14.9 Å². The van der Waals surface area contributed by atoms with E-state index >= 15 is 0 Å². The van der Waals surface area contributed by atoms with E-state index in [4.69, 9.17) is 4.74 Å². The molecule has 0 bridgehead atoms. The van der Waals surface area contributed by atoms with Crippen molar-refractivity contribution in [3.8, 4) is 0 Å². The summed E-state index contributed by atoms with van der Waals surface area (Å²) in [5, 5.41) is 9.91. The molecule has 0 radical (unpaired) electrons. The Morgan fingerprint density at radius 3 is 2.64 bits per heavy atom. The molecule has 2 aliphatic heterocycles. The van der Waals surface area contributed by atoms with Gasteiger partial charge in [-0.15, -0.1) is 0 Å². The van der Waals surface area contributed by atoms with E-state index in [-0.39, 0.29) is 16.9 Å². The summed E-state index contributed by atoms with van der Waals surface area (Å²) in [4.78, 5) is 10.5. The largest absolute Gasteiger partial charge is 0.389 e. The van der Waals surface area contributed by atoms with Crippen molar-refractivity contribution in [2.75, 3.05) is 32.6 Å². The van der Waals surface area contributed by atoms with Gasteiger partial charge in [0.05, 0.1) is 31.1 Å². The molecule has 1 aromatic heterocycles. The first kappa shape index (κ1) is 15.8. The third-order valence-electron chi connectivity index (χ3n) is 4.51. The molecule has 0 saturated carbocycles. The number of likely N-dealkylation sites (tertiary alicyclic amines) is 1. The Morgan fingerprint density at radius 1 is 1.32 bits per heavy atom. The predicted octanol–water partition coefficient (Wildman–Crippen LogP) is -0.181. The molecule has 8 heteroatoms. The summed E-state index contributed by atoms with van der Waals surface area (Å²) in [7, 11) is -3.32. The maximum Gasteiger partial charge on any atom is 0.178 e. The lowest BCUT2D eigenvalue weighted by molar-refractivity contribution is 0.0658. The molecule has 1 N–H and O–H groups in total. The van der Waals surface area contributed by atoms with Gasteiger partial charge in [-0.1, -0.05) is 0 Å². The lowest BCUT2D eigenvalue weighted by Gasteiger charge is -2.36. The summed E-state index contributed by atoms with van der Waals surface area (Å²) in [6.45, 7) is 2.58. The van der Waals surface area contributed by atoms with E-state index in [1.54, 1.807) is 0 Å². The second-order valence-corrected chi connectivity index (χ2v) is 8.01. The van der Waals surface area contributed by atoms with Crippen LogP contribution in [0.3, 0.4) is 0 Å². The van der Waals surface area contributed by atoms with E-state index in [0.717, 1.165) is 25.9 Å². The van der Waals surface area contributed by atoms with Crippen LogP contribution in [-0.2, 0) is 14.6 Å². The number of rotatable bonds is 3. The standard InChI is InChI=1S/C14H21N3O4S/c1-22(19,20)13-6-15-9-16-14(13)10-2-4-17(5-3-10)11-7-21-8-12(11)18/h6,9-12,18H,2-5,7-8H2,1H3/t11-,12+/m0/s1. The first-order valence-corrected chi connectivity index (χ1v) is 9.36. The average Bonchev–Trinajstić information content (AvgIpc) is 2.93. The van der Waals surface area contributed by atoms with E-state index in [2.05, 4.69) is 14.9 Å². The third kappa shape index (κ3) is 3.15. The summed E-state index contributed by atoms with van der Waals surface area (Å²) in [5.74, 6) is 0.114. The van der Waals surface area contributed by atoms with Crippen molar-refractivity contribution < 1.29 is 18.3 Å². The zero-order valence-corrected chi connectivity index (χ0v) is 13.4. The van der Waals surface area contributed by atoms with Crippen LogP contribution in [0.2, 0.25) is 0 Å². The van der Waals surface area contributed by atoms with Crippen LogP contribution in [-0.4, -0.2) is 73.1 Å². The minimum Gasteiger partial charge on any atom is -0.389 e. The quantitative estimate of drug-likeness (QED) is 0.823. The molecule has 0 spiro atoms. The van der Waals surface area contributed by atoms with Gasteiger partial charge in [0.25, 0.3) is 0 Å². The fourth-order valence-electron chi connectivity index (χ4n) is 3.30. The zero-order valence-electron chi connectivity index (χ0n) is 12.6. The fourth-order valence-corrected chi connectivity index (χ4v) is 4.16. The van der Waals surface area contributed by atoms with Gasteiger partial charge in [0.1, 0.15) is 11.2 Å². The summed E-state index contributed by atoms with van der Waals surface area (Å²) >= 11 is 0. The number of aromatic nitrogens is 2. The minimum atomic E-state index is -3.32. The molecule has 22 heavy (non-hydrogen) atoms. The van der Waals surface area contributed by atoms with Crippen LogP contribution in [0.4, 0.5) is 0 Å². The number of ether oxygens (including phenoxy) is 1. The molecule has 2 fully saturated rings. The van der Waals surface area contributed by atoms with E-state index < -0.39 is 15.9 Å². The van der Waals surface area contributed by atoms with E-state index in [1.807, 2.05) is 0 Å². The van der Waals surface area contributed by atoms with Crippen molar-refractivity contribution >= 4 is 9.84 Å². The molecular weight excluding hydrogens is 306 g/mol. The topological polar surface area (TPSA) is 92.6 Å². The van der Waals surface area contributed by atoms with Gasteiger partial charge in [0, 0.05) is 18.4 Å². The van der Waals surface area contributed by atoms with Gasteiger partial charge in [0.2, 0.25) is 0 Å². The predicted molar refractivity (Wildman–Crippen MR) is 79.3 cm³/mol. The molecule has 122 valence electrons. The number of sulfone groups is 1. The first-order valence-electron chi connectivity index (χ1n) is 7.46. The van der Waals surface area contributed by atoms with Crippen LogP contribution in [0, 0.1) is 0 Å². The number of hydrogen-bond acceptors (Lipinski definition) is 7. The maximum atomic E-state index is 11.9. The van der Waals surface area contributed by atoms with E-state index in [9.17, 15) is 13.5 Å². The van der Waals surface area contributed by atoms with Crippen molar-refractivity contribution in [2.24, 2.45) is 0 Å². The maximum absolute atomic E-state index is 11.9. The highest BCUT2D eigenvalue weighted by molar-refractivity contribution is 7.90. The van der Waals surface area contributed by atoms with Gasteiger partial charge >= 0.3 is 0 Å². The van der Waals surface area contributed by atoms with Crippen LogP contribution < -0.4 is 0 Å². The molecule has 2 atom stereocenters. The Labute approximate surface area is 130 Å². The Hall–Kier alpha value is -1.09. The van der Waals surface area contributed by atoms with Gasteiger partial charge in [-0.2, -0.15) is 0 Å². The van der Waals surface area contributed by atoms with Crippen molar-refractivity contribution in [2.45, 2.75) is 35.8 Å². The summed E-state index contributed by atoms with van der Waals surface area (Å²) in [6, 6.07) is 0.0562. The molecule has 0 aromatic carbocycles. The molecular formula is C14H21N3O4S. The monoisotopic (exact) mass is 327 g/mol. The van der Waals surface area contributed by atoms with Crippen molar-refractivity contribution in [1.29, 1.82) is 0 Å². The normalized spacial score (nSPS) is 28.1. The molecule has 2 saturated heterocycles. The second kappa shape index (κ2) is 6.19. The van der Waals surface area contributed by atoms with Crippen LogP contribution in [0.5, 0.6) is 0 Å². The third-order valence-corrected chi connectivity index (χ3v) is 5.63. The Bertz CT molecular complexity index is 629. The van der Waals surface area contributed by atoms with Crippen molar-refractivity contribution in [3.63, 3.8) is 0 Å². The van der Waals surface area contributed by atoms with Gasteiger partial charge in [-0.3, -0.25) is 4.90 Å². The summed E-state index contributed by atoms with van der Waals surface area (Å²) in [5.41, 5.74) is 0.625. The molecule has 0 unspecified atom stereocenters. The molecule has 0 amide bonds. The molecule has 0 aliphatic carbocycles. The number of aliphatic hydroxyl groups is 1. The lowest BCUT2D eigenvalue weighted by atomic mass is 9.92.